The van der Waals surface area contributed by atoms with Crippen molar-refractivity contribution in [2.45, 2.75) is 19.4 Å². The molecule has 0 bridgehead atoms. The first-order valence-electron chi connectivity index (χ1n) is 6.79. The monoisotopic (exact) mass is 298 g/mol. The first-order valence-corrected chi connectivity index (χ1v) is 6.79. The summed E-state index contributed by atoms with van der Waals surface area (Å²) >= 11 is 0. The molecule has 2 rings (SSSR count). The number of benzene rings is 1. The van der Waals surface area contributed by atoms with Gasteiger partial charge in [0, 0.05) is 20.1 Å². The average molecular weight is 299 g/mol. The maximum absolute atomic E-state index is 12.3. The van der Waals surface area contributed by atoms with Crippen LogP contribution in [0.25, 0.3) is 0 Å². The van der Waals surface area contributed by atoms with E-state index in [0.29, 0.717) is 6.54 Å². The lowest BCUT2D eigenvalue weighted by molar-refractivity contribution is -0.135. The molecule has 1 amide bonds. The number of piperidine rings is 1. The summed E-state index contributed by atoms with van der Waals surface area (Å²) < 4.78 is 5.13. The number of carbonyl (C=O) groups is 1. The zero-order chi connectivity index (χ0) is 13.7. The molecule has 1 fully saturated rings. The van der Waals surface area contributed by atoms with Gasteiger partial charge in [0.15, 0.2) is 0 Å². The smallest absolute Gasteiger partial charge is 0.227 e. The SMILES string of the molecule is COc1ccc(CN(C)C(=O)C2CCCNC2)cc1.Cl. The number of hydrogen-bond acceptors (Lipinski definition) is 3. The summed E-state index contributed by atoms with van der Waals surface area (Å²) in [5, 5.41) is 3.29. The van der Waals surface area contributed by atoms with Crippen molar-refractivity contribution in [2.24, 2.45) is 5.92 Å². The van der Waals surface area contributed by atoms with Crippen LogP contribution in [0.5, 0.6) is 5.75 Å². The Balaban J connectivity index is 0.00000200. The molecule has 0 radical (unpaired) electrons. The molecule has 1 aromatic carbocycles. The number of ether oxygens (including phenoxy) is 1. The Hall–Kier alpha value is -1.26. The number of nitrogens with one attached hydrogen (secondary N) is 1. The molecular formula is C15H23ClN2O2. The van der Waals surface area contributed by atoms with E-state index < -0.39 is 0 Å². The van der Waals surface area contributed by atoms with Crippen molar-refractivity contribution < 1.29 is 9.53 Å². The van der Waals surface area contributed by atoms with E-state index in [9.17, 15) is 4.79 Å². The van der Waals surface area contributed by atoms with Crippen LogP contribution < -0.4 is 10.1 Å². The molecule has 4 nitrogen and oxygen atoms in total. The molecule has 1 aliphatic heterocycles. The Labute approximate surface area is 126 Å². The van der Waals surface area contributed by atoms with Gasteiger partial charge in [-0.2, -0.15) is 0 Å². The van der Waals surface area contributed by atoms with Crippen molar-refractivity contribution in [2.75, 3.05) is 27.2 Å². The zero-order valence-corrected chi connectivity index (χ0v) is 12.9. The third kappa shape index (κ3) is 4.39. The average Bonchev–Trinajstić information content (AvgIpc) is 2.48. The lowest BCUT2D eigenvalue weighted by Crippen LogP contribution is -2.41. The molecule has 1 unspecified atom stereocenters. The van der Waals surface area contributed by atoms with Gasteiger partial charge in [0.25, 0.3) is 0 Å². The Bertz CT molecular complexity index is 416. The second kappa shape index (κ2) is 8.12. The maximum Gasteiger partial charge on any atom is 0.227 e. The van der Waals surface area contributed by atoms with Crippen LogP contribution in [0.1, 0.15) is 18.4 Å². The topological polar surface area (TPSA) is 41.6 Å². The first-order chi connectivity index (χ1) is 9.20. The second-order valence-electron chi connectivity index (χ2n) is 5.09. The van der Waals surface area contributed by atoms with Gasteiger partial charge in [-0.05, 0) is 37.1 Å². The predicted molar refractivity (Wildman–Crippen MR) is 82.3 cm³/mol. The Morgan fingerprint density at radius 1 is 1.40 bits per heavy atom. The lowest BCUT2D eigenvalue weighted by atomic mass is 9.98. The van der Waals surface area contributed by atoms with Crippen molar-refractivity contribution >= 4 is 18.3 Å². The molecule has 1 atom stereocenters. The summed E-state index contributed by atoms with van der Waals surface area (Å²) in [5.41, 5.74) is 1.13. The fraction of sp³-hybridized carbons (Fsp3) is 0.533. The summed E-state index contributed by atoms with van der Waals surface area (Å²) in [7, 11) is 3.53. The Kier molecular flexibility index (Phi) is 6.82. The van der Waals surface area contributed by atoms with Gasteiger partial charge >= 0.3 is 0 Å². The molecule has 112 valence electrons. The van der Waals surface area contributed by atoms with Crippen LogP contribution in [-0.2, 0) is 11.3 Å². The molecule has 1 heterocycles. The highest BCUT2D eigenvalue weighted by Crippen LogP contribution is 2.16. The predicted octanol–water partition coefficient (Wildman–Crippen LogP) is 2.07. The highest BCUT2D eigenvalue weighted by Gasteiger charge is 2.23. The molecule has 0 aliphatic carbocycles. The lowest BCUT2D eigenvalue weighted by Gasteiger charge is -2.27. The fourth-order valence-corrected chi connectivity index (χ4v) is 2.46. The third-order valence-corrected chi connectivity index (χ3v) is 3.60. The minimum absolute atomic E-state index is 0. The molecule has 0 aromatic heterocycles. The van der Waals surface area contributed by atoms with Crippen LogP contribution in [-0.4, -0.2) is 38.1 Å². The van der Waals surface area contributed by atoms with Gasteiger partial charge in [-0.15, -0.1) is 12.4 Å². The summed E-state index contributed by atoms with van der Waals surface area (Å²) in [6.45, 7) is 2.50. The van der Waals surface area contributed by atoms with Crippen LogP contribution in [0.2, 0.25) is 0 Å². The second-order valence-corrected chi connectivity index (χ2v) is 5.09. The first kappa shape index (κ1) is 16.8. The van der Waals surface area contributed by atoms with E-state index in [4.69, 9.17) is 4.74 Å². The maximum atomic E-state index is 12.3. The van der Waals surface area contributed by atoms with Crippen molar-refractivity contribution in [1.29, 1.82) is 0 Å². The van der Waals surface area contributed by atoms with Gasteiger partial charge in [0.1, 0.15) is 5.75 Å². The summed E-state index contributed by atoms with van der Waals surface area (Å²) in [4.78, 5) is 14.1. The summed E-state index contributed by atoms with van der Waals surface area (Å²) in [5.74, 6) is 1.22. The molecular weight excluding hydrogens is 276 g/mol. The summed E-state index contributed by atoms with van der Waals surface area (Å²) in [6.07, 6.45) is 2.09. The minimum Gasteiger partial charge on any atom is -0.497 e. The van der Waals surface area contributed by atoms with Gasteiger partial charge in [0.2, 0.25) is 5.91 Å². The van der Waals surface area contributed by atoms with E-state index in [0.717, 1.165) is 37.2 Å². The fourth-order valence-electron chi connectivity index (χ4n) is 2.46. The molecule has 0 spiro atoms. The van der Waals surface area contributed by atoms with E-state index in [2.05, 4.69) is 5.32 Å². The van der Waals surface area contributed by atoms with Gasteiger partial charge in [-0.1, -0.05) is 12.1 Å². The van der Waals surface area contributed by atoms with E-state index in [1.807, 2.05) is 36.2 Å². The largest absolute Gasteiger partial charge is 0.497 e. The van der Waals surface area contributed by atoms with Crippen LogP contribution in [0.3, 0.4) is 0 Å². The molecule has 1 aromatic rings. The summed E-state index contributed by atoms with van der Waals surface area (Å²) in [6, 6.07) is 7.86. The molecule has 1 saturated heterocycles. The van der Waals surface area contributed by atoms with Gasteiger partial charge in [-0.25, -0.2) is 0 Å². The number of nitrogens with zero attached hydrogens (tertiary/aromatic N) is 1. The van der Waals surface area contributed by atoms with E-state index >= 15 is 0 Å². The van der Waals surface area contributed by atoms with Crippen molar-refractivity contribution in [3.8, 4) is 5.75 Å². The van der Waals surface area contributed by atoms with Crippen LogP contribution >= 0.6 is 12.4 Å². The van der Waals surface area contributed by atoms with E-state index in [1.54, 1.807) is 7.11 Å². The van der Waals surface area contributed by atoms with Gasteiger partial charge < -0.3 is 15.0 Å². The normalized spacial score (nSPS) is 18.0. The van der Waals surface area contributed by atoms with Crippen molar-refractivity contribution in [3.63, 3.8) is 0 Å². The highest BCUT2D eigenvalue weighted by molar-refractivity contribution is 5.85. The number of hydrogen-bond donors (Lipinski definition) is 1. The molecule has 1 aliphatic rings. The van der Waals surface area contributed by atoms with Crippen molar-refractivity contribution in [1.82, 2.24) is 10.2 Å². The number of halogens is 1. The molecule has 20 heavy (non-hydrogen) atoms. The van der Waals surface area contributed by atoms with Crippen molar-refractivity contribution in [3.05, 3.63) is 29.8 Å². The standard InChI is InChI=1S/C15H22N2O2.ClH/c1-17(15(18)13-4-3-9-16-10-13)11-12-5-7-14(19-2)8-6-12;/h5-8,13,16H,3-4,9-11H2,1-2H3;1H. The molecule has 0 saturated carbocycles. The third-order valence-electron chi connectivity index (χ3n) is 3.60. The Morgan fingerprint density at radius 2 is 2.10 bits per heavy atom. The van der Waals surface area contributed by atoms with Crippen LogP contribution in [0.4, 0.5) is 0 Å². The van der Waals surface area contributed by atoms with E-state index in [1.165, 1.54) is 0 Å². The quantitative estimate of drug-likeness (QED) is 0.925. The zero-order valence-electron chi connectivity index (χ0n) is 12.1. The number of carbonyl (C=O) groups excluding carboxylic acids is 1. The molecule has 1 N–H and O–H groups in total. The van der Waals surface area contributed by atoms with Crippen LogP contribution in [0, 0.1) is 5.92 Å². The number of methoxy groups -OCH3 is 1. The van der Waals surface area contributed by atoms with Crippen LogP contribution in [0.15, 0.2) is 24.3 Å². The minimum atomic E-state index is 0. The van der Waals surface area contributed by atoms with E-state index in [-0.39, 0.29) is 24.2 Å². The van der Waals surface area contributed by atoms with Gasteiger partial charge in [0.05, 0.1) is 13.0 Å². The molecule has 5 heteroatoms. The van der Waals surface area contributed by atoms with Gasteiger partial charge in [-0.3, -0.25) is 4.79 Å². The highest BCUT2D eigenvalue weighted by atomic mass is 35.5. The Morgan fingerprint density at radius 3 is 2.65 bits per heavy atom. The number of amides is 1. The number of rotatable bonds is 4.